The molecule has 0 saturated carbocycles. The summed E-state index contributed by atoms with van der Waals surface area (Å²) in [4.78, 5) is 24.4. The summed E-state index contributed by atoms with van der Waals surface area (Å²) in [6.07, 6.45) is 0. The summed E-state index contributed by atoms with van der Waals surface area (Å²) < 4.78 is 16.0. The largest absolute Gasteiger partial charge is 0.493 e. The van der Waals surface area contributed by atoms with Crippen molar-refractivity contribution in [2.45, 2.75) is 6.61 Å². The number of carbonyl (C=O) groups is 2. The molecule has 0 saturated heterocycles. The summed E-state index contributed by atoms with van der Waals surface area (Å²) in [7, 11) is 2.96. The van der Waals surface area contributed by atoms with E-state index in [0.29, 0.717) is 40.1 Å². The highest BCUT2D eigenvalue weighted by Crippen LogP contribution is 2.29. The number of anilines is 2. The van der Waals surface area contributed by atoms with E-state index in [-0.39, 0.29) is 18.4 Å². The van der Waals surface area contributed by atoms with E-state index in [0.717, 1.165) is 5.56 Å². The molecule has 0 atom stereocenters. The molecule has 0 heterocycles. The smallest absolute Gasteiger partial charge is 0.255 e. The van der Waals surface area contributed by atoms with E-state index >= 15 is 0 Å². The minimum Gasteiger partial charge on any atom is -0.493 e. The second-order valence-corrected chi connectivity index (χ2v) is 7.23. The van der Waals surface area contributed by atoms with Gasteiger partial charge in [0.1, 0.15) is 13.2 Å². The first-order chi connectivity index (χ1) is 15.5. The van der Waals surface area contributed by atoms with Gasteiger partial charge in [0.25, 0.3) is 5.91 Å². The molecule has 166 valence electrons. The van der Waals surface area contributed by atoms with Crippen LogP contribution in [-0.4, -0.2) is 32.6 Å². The lowest BCUT2D eigenvalue weighted by molar-refractivity contribution is -0.119. The number of methoxy groups -OCH3 is 2. The van der Waals surface area contributed by atoms with Gasteiger partial charge in [0.05, 0.1) is 7.11 Å². The highest BCUT2D eigenvalue weighted by molar-refractivity contribution is 6.30. The highest BCUT2D eigenvalue weighted by Gasteiger charge is 2.12. The van der Waals surface area contributed by atoms with Crippen molar-refractivity contribution in [3.05, 3.63) is 82.9 Å². The molecule has 0 aliphatic heterocycles. The number of hydrogen-bond donors (Lipinski definition) is 2. The minimum atomic E-state index is -0.326. The Hall–Kier alpha value is -3.55. The van der Waals surface area contributed by atoms with E-state index < -0.39 is 0 Å². The fraction of sp³-hybridized carbons (Fsp3) is 0.167. The maximum atomic E-state index is 12.7. The van der Waals surface area contributed by atoms with Gasteiger partial charge in [-0.1, -0.05) is 29.8 Å². The Kier molecular flexibility index (Phi) is 8.08. The fourth-order valence-corrected chi connectivity index (χ4v) is 3.00. The van der Waals surface area contributed by atoms with Gasteiger partial charge in [-0.25, -0.2) is 0 Å². The van der Waals surface area contributed by atoms with Crippen molar-refractivity contribution in [1.82, 2.24) is 0 Å². The Morgan fingerprint density at radius 2 is 1.59 bits per heavy atom. The van der Waals surface area contributed by atoms with Crippen LogP contribution in [0.15, 0.2) is 66.7 Å². The molecule has 32 heavy (non-hydrogen) atoms. The minimum absolute atomic E-state index is 0.0528. The molecule has 8 heteroatoms. The Morgan fingerprint density at radius 1 is 0.875 bits per heavy atom. The molecule has 3 aromatic rings. The molecular formula is C24H23ClN2O5. The van der Waals surface area contributed by atoms with Crippen molar-refractivity contribution >= 4 is 34.8 Å². The molecule has 3 aromatic carbocycles. The lowest BCUT2D eigenvalue weighted by Gasteiger charge is -2.13. The molecule has 2 N–H and O–H groups in total. The second kappa shape index (κ2) is 11.2. The van der Waals surface area contributed by atoms with Gasteiger partial charge in [0, 0.05) is 29.1 Å². The van der Waals surface area contributed by atoms with Gasteiger partial charge < -0.3 is 24.8 Å². The van der Waals surface area contributed by atoms with Crippen LogP contribution in [0.3, 0.4) is 0 Å². The van der Waals surface area contributed by atoms with Gasteiger partial charge in [-0.15, -0.1) is 0 Å². The number of rotatable bonds is 9. The third-order valence-corrected chi connectivity index (χ3v) is 4.67. The summed E-state index contributed by atoms with van der Waals surface area (Å²) in [5.41, 5.74) is 2.44. The molecule has 0 bridgehead atoms. The van der Waals surface area contributed by atoms with E-state index in [1.54, 1.807) is 54.6 Å². The Morgan fingerprint density at radius 3 is 2.28 bits per heavy atom. The van der Waals surface area contributed by atoms with Gasteiger partial charge in [-0.05, 0) is 54.1 Å². The number of hydrogen-bond acceptors (Lipinski definition) is 5. The van der Waals surface area contributed by atoms with Gasteiger partial charge in [-0.2, -0.15) is 0 Å². The SMILES string of the molecule is COCC(=O)Nc1cccc(NC(=O)c2ccc(OCc3ccc(Cl)cc3)c(OC)c2)c1. The average molecular weight is 455 g/mol. The van der Waals surface area contributed by atoms with Crippen LogP contribution >= 0.6 is 11.6 Å². The monoisotopic (exact) mass is 454 g/mol. The quantitative estimate of drug-likeness (QED) is 0.486. The molecule has 2 amide bonds. The van der Waals surface area contributed by atoms with Crippen LogP contribution in [0.1, 0.15) is 15.9 Å². The number of amides is 2. The highest BCUT2D eigenvalue weighted by atomic mass is 35.5. The second-order valence-electron chi connectivity index (χ2n) is 6.80. The van der Waals surface area contributed by atoms with Crippen LogP contribution in [0.25, 0.3) is 0 Å². The molecule has 7 nitrogen and oxygen atoms in total. The Bertz CT molecular complexity index is 1090. The van der Waals surface area contributed by atoms with Crippen LogP contribution in [0.2, 0.25) is 5.02 Å². The third kappa shape index (κ3) is 6.47. The molecule has 0 spiro atoms. The predicted molar refractivity (Wildman–Crippen MR) is 124 cm³/mol. The number of ether oxygens (including phenoxy) is 3. The van der Waals surface area contributed by atoms with Crippen molar-refractivity contribution in [3.8, 4) is 11.5 Å². The number of benzene rings is 3. The summed E-state index contributed by atoms with van der Waals surface area (Å²) in [5, 5.41) is 6.16. The van der Waals surface area contributed by atoms with Crippen molar-refractivity contribution in [2.75, 3.05) is 31.5 Å². The lowest BCUT2D eigenvalue weighted by atomic mass is 10.1. The Balaban J connectivity index is 1.66. The standard InChI is InChI=1S/C24H23ClN2O5/c1-30-15-23(28)26-19-4-3-5-20(13-19)27-24(29)17-8-11-21(22(12-17)31-2)32-14-16-6-9-18(25)10-7-16/h3-13H,14-15H2,1-2H3,(H,26,28)(H,27,29). The first-order valence-corrected chi connectivity index (χ1v) is 10.1. The van der Waals surface area contributed by atoms with Gasteiger partial charge in [-0.3, -0.25) is 9.59 Å². The lowest BCUT2D eigenvalue weighted by Crippen LogP contribution is -2.17. The molecule has 0 aliphatic rings. The normalized spacial score (nSPS) is 10.3. The van der Waals surface area contributed by atoms with Crippen LogP contribution in [0.5, 0.6) is 11.5 Å². The van der Waals surface area contributed by atoms with E-state index in [9.17, 15) is 9.59 Å². The summed E-state index contributed by atoms with van der Waals surface area (Å²) >= 11 is 5.90. The fourth-order valence-electron chi connectivity index (χ4n) is 2.88. The predicted octanol–water partition coefficient (Wildman–Crippen LogP) is 4.76. The molecule has 0 unspecified atom stereocenters. The van der Waals surface area contributed by atoms with Crippen molar-refractivity contribution in [2.24, 2.45) is 0 Å². The van der Waals surface area contributed by atoms with Crippen LogP contribution in [0.4, 0.5) is 11.4 Å². The number of nitrogens with one attached hydrogen (secondary N) is 2. The van der Waals surface area contributed by atoms with Gasteiger partial charge >= 0.3 is 0 Å². The average Bonchev–Trinajstić information content (AvgIpc) is 2.79. The molecule has 3 rings (SSSR count). The van der Waals surface area contributed by atoms with Gasteiger partial charge in [0.2, 0.25) is 5.91 Å². The zero-order valence-electron chi connectivity index (χ0n) is 17.7. The van der Waals surface area contributed by atoms with Crippen LogP contribution < -0.4 is 20.1 Å². The maximum Gasteiger partial charge on any atom is 0.255 e. The zero-order chi connectivity index (χ0) is 22.9. The number of carbonyl (C=O) groups excluding carboxylic acids is 2. The van der Waals surface area contributed by atoms with Crippen LogP contribution in [0, 0.1) is 0 Å². The summed E-state index contributed by atoms with van der Waals surface area (Å²) in [6.45, 7) is 0.281. The van der Waals surface area contributed by atoms with E-state index in [1.807, 2.05) is 12.1 Å². The molecule has 0 aliphatic carbocycles. The molecule has 0 aromatic heterocycles. The van der Waals surface area contributed by atoms with E-state index in [4.69, 9.17) is 25.8 Å². The molecule has 0 radical (unpaired) electrons. The van der Waals surface area contributed by atoms with Crippen molar-refractivity contribution in [1.29, 1.82) is 0 Å². The molecule has 0 fully saturated rings. The van der Waals surface area contributed by atoms with E-state index in [2.05, 4.69) is 10.6 Å². The summed E-state index contributed by atoms with van der Waals surface area (Å²) in [6, 6.07) is 19.1. The van der Waals surface area contributed by atoms with Crippen LogP contribution in [-0.2, 0) is 16.1 Å². The maximum absolute atomic E-state index is 12.7. The van der Waals surface area contributed by atoms with E-state index in [1.165, 1.54) is 14.2 Å². The van der Waals surface area contributed by atoms with Crippen molar-refractivity contribution < 1.29 is 23.8 Å². The topological polar surface area (TPSA) is 85.9 Å². The van der Waals surface area contributed by atoms with Gasteiger partial charge in [0.15, 0.2) is 11.5 Å². The Labute approximate surface area is 191 Å². The number of halogens is 1. The zero-order valence-corrected chi connectivity index (χ0v) is 18.4. The first kappa shape index (κ1) is 23.1. The van der Waals surface area contributed by atoms with Crippen molar-refractivity contribution in [3.63, 3.8) is 0 Å². The first-order valence-electron chi connectivity index (χ1n) is 9.74. The summed E-state index contributed by atoms with van der Waals surface area (Å²) in [5.74, 6) is 0.344. The third-order valence-electron chi connectivity index (χ3n) is 4.41. The molecular weight excluding hydrogens is 432 g/mol.